The summed E-state index contributed by atoms with van der Waals surface area (Å²) < 4.78 is 5.25. The van der Waals surface area contributed by atoms with Gasteiger partial charge in [0.2, 0.25) is 5.91 Å². The summed E-state index contributed by atoms with van der Waals surface area (Å²) in [6, 6.07) is 11.1. The molecule has 27 heavy (non-hydrogen) atoms. The Balaban J connectivity index is 1.97. The first kappa shape index (κ1) is 19.6. The van der Waals surface area contributed by atoms with E-state index in [4.69, 9.17) is 16.3 Å². The lowest BCUT2D eigenvalue weighted by Crippen LogP contribution is -2.16. The molecule has 7 heteroatoms. The van der Waals surface area contributed by atoms with E-state index in [2.05, 4.69) is 5.32 Å². The number of rotatable bonds is 6. The normalized spacial score (nSPS) is 10.6. The molecule has 0 atom stereocenters. The number of benzene rings is 1. The number of hydrogen-bond acceptors (Lipinski definition) is 5. The molecule has 2 aromatic heterocycles. The number of anilines is 1. The van der Waals surface area contributed by atoms with E-state index in [1.807, 2.05) is 36.6 Å². The van der Waals surface area contributed by atoms with Crippen molar-refractivity contribution in [3.05, 3.63) is 62.1 Å². The molecule has 1 N–H and O–H groups in total. The minimum Gasteiger partial charge on any atom is -0.462 e. The number of amides is 1. The predicted octanol–water partition coefficient (Wildman–Crippen LogP) is 5.80. The maximum absolute atomic E-state index is 12.6. The average molecular weight is 420 g/mol. The van der Waals surface area contributed by atoms with Gasteiger partial charge in [0, 0.05) is 20.3 Å². The van der Waals surface area contributed by atoms with Crippen molar-refractivity contribution in [3.63, 3.8) is 0 Å². The zero-order valence-electron chi connectivity index (χ0n) is 14.9. The summed E-state index contributed by atoms with van der Waals surface area (Å²) in [7, 11) is 0. The number of nitrogens with one attached hydrogen (secondary N) is 1. The zero-order chi connectivity index (χ0) is 19.4. The number of ether oxygens (including phenoxy) is 1. The molecule has 3 aromatic rings. The smallest absolute Gasteiger partial charge is 0.341 e. The van der Waals surface area contributed by atoms with Crippen molar-refractivity contribution < 1.29 is 14.3 Å². The molecule has 0 saturated carbocycles. The maximum atomic E-state index is 12.6. The number of hydrogen-bond donors (Lipinski definition) is 1. The van der Waals surface area contributed by atoms with Crippen molar-refractivity contribution in [3.8, 4) is 11.1 Å². The highest BCUT2D eigenvalue weighted by molar-refractivity contribution is 7.17. The average Bonchev–Trinajstić information content (AvgIpc) is 3.23. The fraction of sp³-hybridized carbons (Fsp3) is 0.200. The van der Waals surface area contributed by atoms with E-state index in [0.717, 1.165) is 20.9 Å². The van der Waals surface area contributed by atoms with Gasteiger partial charge in [-0.3, -0.25) is 4.79 Å². The molecular formula is C20H18ClNO3S2. The summed E-state index contributed by atoms with van der Waals surface area (Å²) in [6.07, 6.45) is 0.271. The van der Waals surface area contributed by atoms with Crippen LogP contribution in [0.5, 0.6) is 0 Å². The third-order valence-electron chi connectivity index (χ3n) is 3.86. The summed E-state index contributed by atoms with van der Waals surface area (Å²) in [5.74, 6) is -0.606. The molecule has 1 aromatic carbocycles. The number of carbonyl (C=O) groups excluding carboxylic acids is 2. The third-order valence-corrected chi connectivity index (χ3v) is 6.01. The molecule has 140 valence electrons. The van der Waals surface area contributed by atoms with Crippen LogP contribution >= 0.6 is 34.3 Å². The van der Waals surface area contributed by atoms with E-state index >= 15 is 0 Å². The fourth-order valence-electron chi connectivity index (χ4n) is 2.74. The Kier molecular flexibility index (Phi) is 6.31. The van der Waals surface area contributed by atoms with Crippen LogP contribution in [0.4, 0.5) is 5.00 Å². The van der Waals surface area contributed by atoms with Gasteiger partial charge in [-0.1, -0.05) is 29.8 Å². The zero-order valence-corrected chi connectivity index (χ0v) is 17.3. The van der Waals surface area contributed by atoms with E-state index in [0.29, 0.717) is 15.6 Å². The Morgan fingerprint density at radius 3 is 2.56 bits per heavy atom. The Hall–Kier alpha value is -2.15. The second-order valence-electron chi connectivity index (χ2n) is 5.77. The molecule has 0 bridgehead atoms. The van der Waals surface area contributed by atoms with Crippen LogP contribution in [0.15, 0.2) is 41.8 Å². The van der Waals surface area contributed by atoms with Crippen LogP contribution < -0.4 is 5.32 Å². The number of halogens is 1. The van der Waals surface area contributed by atoms with Crippen LogP contribution in [-0.2, 0) is 16.0 Å². The number of aryl methyl sites for hydroxylation is 1. The first-order chi connectivity index (χ1) is 13.0. The van der Waals surface area contributed by atoms with Crippen LogP contribution in [0.1, 0.15) is 27.0 Å². The van der Waals surface area contributed by atoms with Gasteiger partial charge in [0.25, 0.3) is 0 Å². The minimum absolute atomic E-state index is 0.160. The van der Waals surface area contributed by atoms with Crippen LogP contribution in [0.25, 0.3) is 11.1 Å². The first-order valence-corrected chi connectivity index (χ1v) is 10.5. The van der Waals surface area contributed by atoms with Gasteiger partial charge in [0.1, 0.15) is 10.6 Å². The maximum Gasteiger partial charge on any atom is 0.341 e. The van der Waals surface area contributed by atoms with Gasteiger partial charge in [-0.2, -0.15) is 0 Å². The fourth-order valence-corrected chi connectivity index (χ4v) is 4.65. The van der Waals surface area contributed by atoms with Gasteiger partial charge >= 0.3 is 5.97 Å². The molecule has 2 heterocycles. The quantitative estimate of drug-likeness (QED) is 0.514. The van der Waals surface area contributed by atoms with Gasteiger partial charge < -0.3 is 10.1 Å². The van der Waals surface area contributed by atoms with Crippen molar-refractivity contribution in [1.82, 2.24) is 0 Å². The van der Waals surface area contributed by atoms with Crippen molar-refractivity contribution >= 4 is 51.2 Å². The summed E-state index contributed by atoms with van der Waals surface area (Å²) in [6.45, 7) is 3.94. The van der Waals surface area contributed by atoms with Crippen molar-refractivity contribution in [2.75, 3.05) is 11.9 Å². The van der Waals surface area contributed by atoms with Crippen LogP contribution in [-0.4, -0.2) is 18.5 Å². The van der Waals surface area contributed by atoms with Crippen LogP contribution in [0, 0.1) is 6.92 Å². The van der Waals surface area contributed by atoms with E-state index < -0.39 is 5.97 Å². The lowest BCUT2D eigenvalue weighted by Gasteiger charge is -2.09. The van der Waals surface area contributed by atoms with E-state index in [1.165, 1.54) is 22.7 Å². The van der Waals surface area contributed by atoms with E-state index in [1.54, 1.807) is 19.1 Å². The van der Waals surface area contributed by atoms with E-state index in [9.17, 15) is 9.59 Å². The highest BCUT2D eigenvalue weighted by atomic mass is 35.5. The second-order valence-corrected chi connectivity index (χ2v) is 8.46. The largest absolute Gasteiger partial charge is 0.462 e. The topological polar surface area (TPSA) is 55.4 Å². The number of carbonyl (C=O) groups is 2. The van der Waals surface area contributed by atoms with Gasteiger partial charge in [-0.05, 0) is 43.0 Å². The molecule has 0 radical (unpaired) electrons. The SMILES string of the molecule is CCOC(=O)c1c(NC(=O)Cc2cccs2)sc(C)c1-c1ccc(Cl)cc1. The van der Waals surface area contributed by atoms with Gasteiger partial charge in [-0.25, -0.2) is 4.79 Å². The van der Waals surface area contributed by atoms with Crippen molar-refractivity contribution in [2.24, 2.45) is 0 Å². The molecule has 4 nitrogen and oxygen atoms in total. The lowest BCUT2D eigenvalue weighted by molar-refractivity contribution is -0.115. The number of thiophene rings is 2. The molecule has 0 aliphatic rings. The third kappa shape index (κ3) is 4.58. The number of esters is 1. The van der Waals surface area contributed by atoms with E-state index in [-0.39, 0.29) is 18.9 Å². The summed E-state index contributed by atoms with van der Waals surface area (Å²) >= 11 is 8.89. The highest BCUT2D eigenvalue weighted by Gasteiger charge is 2.25. The van der Waals surface area contributed by atoms with Crippen molar-refractivity contribution in [2.45, 2.75) is 20.3 Å². The predicted molar refractivity (Wildman–Crippen MR) is 112 cm³/mol. The Morgan fingerprint density at radius 2 is 1.93 bits per heavy atom. The molecule has 0 spiro atoms. The second kappa shape index (κ2) is 8.69. The monoisotopic (exact) mass is 419 g/mol. The highest BCUT2D eigenvalue weighted by Crippen LogP contribution is 2.40. The molecule has 0 saturated heterocycles. The van der Waals surface area contributed by atoms with Gasteiger partial charge in [0.15, 0.2) is 0 Å². The molecule has 0 aliphatic carbocycles. The molecule has 0 fully saturated rings. The van der Waals surface area contributed by atoms with Gasteiger partial charge in [0.05, 0.1) is 13.0 Å². The molecule has 0 unspecified atom stereocenters. The summed E-state index contributed by atoms with van der Waals surface area (Å²) in [4.78, 5) is 27.0. The van der Waals surface area contributed by atoms with Crippen LogP contribution in [0.3, 0.4) is 0 Å². The lowest BCUT2D eigenvalue weighted by atomic mass is 10.0. The Labute approximate surface area is 170 Å². The summed E-state index contributed by atoms with van der Waals surface area (Å²) in [5, 5.41) is 5.95. The first-order valence-electron chi connectivity index (χ1n) is 8.38. The van der Waals surface area contributed by atoms with Crippen molar-refractivity contribution in [1.29, 1.82) is 0 Å². The van der Waals surface area contributed by atoms with Gasteiger partial charge in [-0.15, -0.1) is 22.7 Å². The Bertz CT molecular complexity index is 947. The summed E-state index contributed by atoms with van der Waals surface area (Å²) in [5.41, 5.74) is 2.01. The minimum atomic E-state index is -0.446. The molecule has 1 amide bonds. The standard InChI is InChI=1S/C20H18ClNO3S2/c1-3-25-20(24)18-17(13-6-8-14(21)9-7-13)12(2)27-19(18)22-16(23)11-15-5-4-10-26-15/h4-10H,3,11H2,1-2H3,(H,22,23). The van der Waals surface area contributed by atoms with Crippen LogP contribution in [0.2, 0.25) is 5.02 Å². The molecular weight excluding hydrogens is 402 g/mol. The Morgan fingerprint density at radius 1 is 1.19 bits per heavy atom. The molecule has 3 rings (SSSR count). The molecule has 0 aliphatic heterocycles.